The summed E-state index contributed by atoms with van der Waals surface area (Å²) >= 11 is 0. The molecule has 3 unspecified atom stereocenters. The molecule has 0 aromatic heterocycles. The van der Waals surface area contributed by atoms with Gasteiger partial charge in [-0.1, -0.05) is 18.2 Å². The largest absolute Gasteiger partial charge is 0.460 e. The Hall–Kier alpha value is -3.55. The first-order valence-electron chi connectivity index (χ1n) is 11.8. The number of carbonyl (C=O) groups excluding carboxylic acids is 4. The lowest BCUT2D eigenvalue weighted by atomic mass is 10.1. The normalized spacial score (nSPS) is 17.0. The van der Waals surface area contributed by atoms with Gasteiger partial charge in [0.05, 0.1) is 18.5 Å². The number of hydrazone groups is 1. The molecule has 13 nitrogen and oxygen atoms in total. The highest BCUT2D eigenvalue weighted by atomic mass is 16.6. The number of hydrogen-bond donors (Lipinski definition) is 4. The number of nitrogens with zero attached hydrogens (tertiary/aromatic N) is 3. The summed E-state index contributed by atoms with van der Waals surface area (Å²) in [5.41, 5.74) is 12.6. The number of carbonyl (C=O) groups is 4. The van der Waals surface area contributed by atoms with Gasteiger partial charge in [0.2, 0.25) is 11.8 Å². The summed E-state index contributed by atoms with van der Waals surface area (Å²) in [5, 5.41) is 7.50. The minimum atomic E-state index is -1.11. The highest BCUT2D eigenvalue weighted by Crippen LogP contribution is 2.33. The summed E-state index contributed by atoms with van der Waals surface area (Å²) in [6.07, 6.45) is 0.687. The molecule has 0 radical (unpaired) electrons. The van der Waals surface area contributed by atoms with Crippen molar-refractivity contribution in [2.24, 2.45) is 22.4 Å². The second-order valence-corrected chi connectivity index (χ2v) is 9.69. The first-order chi connectivity index (χ1) is 17.4. The summed E-state index contributed by atoms with van der Waals surface area (Å²) in [4.78, 5) is 51.7. The fourth-order valence-electron chi connectivity index (χ4n) is 3.82. The van der Waals surface area contributed by atoms with Crippen molar-refractivity contribution in [2.75, 3.05) is 18.7 Å². The number of ether oxygens (including phenoxy) is 2. The second kappa shape index (κ2) is 13.1. The van der Waals surface area contributed by atoms with E-state index in [2.05, 4.69) is 10.4 Å². The molecule has 0 spiro atoms. The van der Waals surface area contributed by atoms with Crippen LogP contribution in [0.1, 0.15) is 45.6 Å². The van der Waals surface area contributed by atoms with E-state index in [-0.39, 0.29) is 38.2 Å². The molecule has 7 N–H and O–H groups in total. The highest BCUT2D eigenvalue weighted by molar-refractivity contribution is 6.06. The number of anilines is 1. The Labute approximate surface area is 216 Å². The van der Waals surface area contributed by atoms with Crippen molar-refractivity contribution in [3.63, 3.8) is 0 Å². The molecule has 0 fully saturated rings. The van der Waals surface area contributed by atoms with Gasteiger partial charge in [0.1, 0.15) is 23.8 Å². The van der Waals surface area contributed by atoms with E-state index in [1.165, 1.54) is 12.0 Å². The number of fused-ring (bicyclic) bond motifs is 1. The highest BCUT2D eigenvalue weighted by Gasteiger charge is 2.40. The zero-order chi connectivity index (χ0) is 27.8. The van der Waals surface area contributed by atoms with Crippen LogP contribution in [0.25, 0.3) is 0 Å². The molecule has 1 aromatic rings. The van der Waals surface area contributed by atoms with Crippen LogP contribution in [0.3, 0.4) is 0 Å². The number of esters is 1. The van der Waals surface area contributed by atoms with Gasteiger partial charge in [0.15, 0.2) is 6.73 Å². The van der Waals surface area contributed by atoms with Gasteiger partial charge >= 0.3 is 5.97 Å². The smallest absolute Gasteiger partial charge is 0.308 e. The van der Waals surface area contributed by atoms with Crippen LogP contribution in [0, 0.1) is 0 Å². The molecule has 0 aliphatic carbocycles. The van der Waals surface area contributed by atoms with Crippen molar-refractivity contribution in [1.82, 2.24) is 10.4 Å². The number of rotatable bonds is 12. The van der Waals surface area contributed by atoms with Crippen LogP contribution in [0.4, 0.5) is 5.69 Å². The zero-order valence-electron chi connectivity index (χ0n) is 21.7. The Kier molecular flexibility index (Phi) is 10.5. The number of nitrogens with two attached hydrogens (primary N) is 3. The summed E-state index contributed by atoms with van der Waals surface area (Å²) in [7, 11) is 1.45. The Morgan fingerprint density at radius 1 is 1.30 bits per heavy atom. The molecule has 3 atom stereocenters. The molecule has 204 valence electrons. The lowest BCUT2D eigenvalue weighted by Gasteiger charge is -2.28. The molecule has 0 saturated heterocycles. The zero-order valence-corrected chi connectivity index (χ0v) is 21.7. The maximum absolute atomic E-state index is 13.4. The minimum absolute atomic E-state index is 0.0305. The average molecular weight is 520 g/mol. The van der Waals surface area contributed by atoms with Gasteiger partial charge in [-0.05, 0) is 38.8 Å². The number of amidine groups is 1. The molecule has 1 heterocycles. The van der Waals surface area contributed by atoms with E-state index in [0.29, 0.717) is 12.0 Å². The van der Waals surface area contributed by atoms with Crippen molar-refractivity contribution in [3.8, 4) is 0 Å². The SMILES string of the molecule is COCN(N)/N=C(\N)CCC(N)C(=O)N1c2ccccc2CC1C(=O)NC(C=O)CC(=O)OC(C)(C)C. The van der Waals surface area contributed by atoms with E-state index < -0.39 is 41.5 Å². The molecule has 1 aromatic carbocycles. The van der Waals surface area contributed by atoms with Gasteiger partial charge in [-0.15, -0.1) is 5.10 Å². The molecular weight excluding hydrogens is 482 g/mol. The van der Waals surface area contributed by atoms with Gasteiger partial charge in [0.25, 0.3) is 0 Å². The molecule has 0 bridgehead atoms. The molecule has 1 aliphatic heterocycles. The molecule has 13 heteroatoms. The monoisotopic (exact) mass is 519 g/mol. The van der Waals surface area contributed by atoms with Crippen molar-refractivity contribution in [3.05, 3.63) is 29.8 Å². The summed E-state index contributed by atoms with van der Waals surface area (Å²) in [6, 6.07) is 4.02. The third-order valence-corrected chi connectivity index (χ3v) is 5.36. The molecular formula is C24H37N7O6. The van der Waals surface area contributed by atoms with Gasteiger partial charge in [-0.3, -0.25) is 19.3 Å². The number of para-hydroxylation sites is 1. The number of benzene rings is 1. The summed E-state index contributed by atoms with van der Waals surface area (Å²) in [5.74, 6) is 4.06. The quantitative estimate of drug-likeness (QED) is 0.0532. The second-order valence-electron chi connectivity index (χ2n) is 9.69. The first kappa shape index (κ1) is 29.7. The summed E-state index contributed by atoms with van der Waals surface area (Å²) in [6.45, 7) is 5.13. The molecule has 1 aliphatic rings. The number of aldehydes is 1. The van der Waals surface area contributed by atoms with Crippen molar-refractivity contribution < 1.29 is 28.7 Å². The fraction of sp³-hybridized carbons (Fsp3) is 0.542. The van der Waals surface area contributed by atoms with E-state index in [4.69, 9.17) is 26.8 Å². The van der Waals surface area contributed by atoms with Crippen LogP contribution in [0.15, 0.2) is 29.4 Å². The van der Waals surface area contributed by atoms with E-state index in [0.717, 1.165) is 10.7 Å². The van der Waals surface area contributed by atoms with E-state index >= 15 is 0 Å². The van der Waals surface area contributed by atoms with Gasteiger partial charge in [0, 0.05) is 25.6 Å². The lowest BCUT2D eigenvalue weighted by Crippen LogP contribution is -2.55. The fourth-order valence-corrected chi connectivity index (χ4v) is 3.82. The number of hydrogen-bond acceptors (Lipinski definition) is 10. The van der Waals surface area contributed by atoms with Crippen molar-refractivity contribution >= 4 is 35.6 Å². The maximum atomic E-state index is 13.4. The number of methoxy groups -OCH3 is 1. The summed E-state index contributed by atoms with van der Waals surface area (Å²) < 4.78 is 10.1. The molecule has 2 amide bonds. The van der Waals surface area contributed by atoms with Crippen LogP contribution in [-0.4, -0.2) is 72.6 Å². The Morgan fingerprint density at radius 3 is 2.59 bits per heavy atom. The van der Waals surface area contributed by atoms with Gasteiger partial charge < -0.3 is 31.1 Å². The van der Waals surface area contributed by atoms with Crippen molar-refractivity contribution in [2.45, 2.75) is 70.2 Å². The van der Waals surface area contributed by atoms with Crippen molar-refractivity contribution in [1.29, 1.82) is 0 Å². The van der Waals surface area contributed by atoms with Gasteiger partial charge in [-0.25, -0.2) is 11.0 Å². The average Bonchev–Trinajstić information content (AvgIpc) is 3.20. The maximum Gasteiger partial charge on any atom is 0.308 e. The van der Waals surface area contributed by atoms with E-state index in [9.17, 15) is 19.2 Å². The Morgan fingerprint density at radius 2 is 1.97 bits per heavy atom. The number of hydrazine groups is 1. The third-order valence-electron chi connectivity index (χ3n) is 5.36. The Bertz CT molecular complexity index is 1010. The van der Waals surface area contributed by atoms with E-state index in [1.54, 1.807) is 39.0 Å². The van der Waals surface area contributed by atoms with Crippen LogP contribution in [0.5, 0.6) is 0 Å². The molecule has 2 rings (SSSR count). The standard InChI is InChI=1S/C24H37N7O6/c1-24(2,3)37-21(33)12-16(13-32)28-22(34)19-11-15-7-5-6-8-18(15)31(19)23(35)17(25)9-10-20(26)29-30(27)14-36-4/h5-8,13,16-17,19H,9-12,14,25,27H2,1-4H3,(H2,26,29)(H,28,34). The Balaban J connectivity index is 2.13. The minimum Gasteiger partial charge on any atom is -0.460 e. The van der Waals surface area contributed by atoms with Crippen LogP contribution in [0.2, 0.25) is 0 Å². The predicted octanol–water partition coefficient (Wildman–Crippen LogP) is -0.481. The number of amides is 2. The first-order valence-corrected chi connectivity index (χ1v) is 11.8. The topological polar surface area (TPSA) is 196 Å². The number of nitrogens with one attached hydrogen (secondary N) is 1. The van der Waals surface area contributed by atoms with Crippen LogP contribution >= 0.6 is 0 Å². The molecule has 37 heavy (non-hydrogen) atoms. The molecule has 0 saturated carbocycles. The predicted molar refractivity (Wildman–Crippen MR) is 137 cm³/mol. The van der Waals surface area contributed by atoms with Gasteiger partial charge in [-0.2, -0.15) is 0 Å². The lowest BCUT2D eigenvalue weighted by molar-refractivity contribution is -0.156. The third kappa shape index (κ3) is 8.81. The van der Waals surface area contributed by atoms with Crippen LogP contribution in [-0.2, 0) is 35.1 Å². The van der Waals surface area contributed by atoms with E-state index in [1.807, 2.05) is 6.07 Å². The van der Waals surface area contributed by atoms with Crippen LogP contribution < -0.4 is 27.5 Å².